The van der Waals surface area contributed by atoms with E-state index in [1.807, 2.05) is 32.0 Å². The molecule has 5 heteroatoms. The number of pyridine rings is 1. The van der Waals surface area contributed by atoms with Crippen molar-refractivity contribution in [1.82, 2.24) is 4.98 Å². The second kappa shape index (κ2) is 6.39. The summed E-state index contributed by atoms with van der Waals surface area (Å²) in [6.07, 6.45) is 1.56. The summed E-state index contributed by atoms with van der Waals surface area (Å²) in [4.78, 5) is 15.7. The van der Waals surface area contributed by atoms with E-state index in [1.165, 1.54) is 0 Å². The number of halogens is 1. The summed E-state index contributed by atoms with van der Waals surface area (Å²) in [5.41, 5.74) is 2.63. The van der Waals surface area contributed by atoms with Crippen LogP contribution in [-0.2, 0) is 4.79 Å². The van der Waals surface area contributed by atoms with Gasteiger partial charge in [-0.15, -0.1) is 0 Å². The van der Waals surface area contributed by atoms with Crippen LogP contribution in [-0.4, -0.2) is 17.5 Å². The molecule has 1 amide bonds. The second-order valence-electron chi connectivity index (χ2n) is 4.38. The number of ether oxygens (including phenoxy) is 1. The molecule has 2 rings (SSSR count). The van der Waals surface area contributed by atoms with Crippen LogP contribution in [0.3, 0.4) is 0 Å². The second-order valence-corrected chi connectivity index (χ2v) is 4.73. The Bertz CT molecular complexity index is 629. The predicted octanol–water partition coefficient (Wildman–Crippen LogP) is 3.37. The number of amides is 1. The number of nitrogens with one attached hydrogen (secondary N) is 1. The average Bonchev–Trinajstić information content (AvgIpc) is 2.43. The number of hydrogen-bond donors (Lipinski definition) is 1. The predicted molar refractivity (Wildman–Crippen MR) is 79.3 cm³/mol. The molecule has 20 heavy (non-hydrogen) atoms. The SMILES string of the molecule is Cc1cccc(OCC(=O)Nc2cccnc2Cl)c1C. The van der Waals surface area contributed by atoms with Crippen LogP contribution in [0.4, 0.5) is 5.69 Å². The molecule has 0 fully saturated rings. The third-order valence-electron chi connectivity index (χ3n) is 2.95. The third-order valence-corrected chi connectivity index (χ3v) is 3.25. The number of carbonyl (C=O) groups is 1. The highest BCUT2D eigenvalue weighted by Crippen LogP contribution is 2.21. The van der Waals surface area contributed by atoms with E-state index in [9.17, 15) is 4.79 Å². The number of benzene rings is 1. The first-order chi connectivity index (χ1) is 9.58. The van der Waals surface area contributed by atoms with Crippen LogP contribution < -0.4 is 10.1 Å². The van der Waals surface area contributed by atoms with Gasteiger partial charge in [0.2, 0.25) is 0 Å². The lowest BCUT2D eigenvalue weighted by Crippen LogP contribution is -2.20. The Morgan fingerprint density at radius 3 is 2.85 bits per heavy atom. The quantitative estimate of drug-likeness (QED) is 0.878. The Labute approximate surface area is 122 Å². The van der Waals surface area contributed by atoms with Crippen molar-refractivity contribution in [3.8, 4) is 5.75 Å². The number of carbonyl (C=O) groups excluding carboxylic acids is 1. The van der Waals surface area contributed by atoms with Crippen molar-refractivity contribution in [2.75, 3.05) is 11.9 Å². The minimum atomic E-state index is -0.277. The molecule has 0 atom stereocenters. The van der Waals surface area contributed by atoms with Gasteiger partial charge in [0, 0.05) is 6.20 Å². The molecule has 0 radical (unpaired) electrons. The minimum absolute atomic E-state index is 0.0739. The largest absolute Gasteiger partial charge is 0.483 e. The molecule has 1 aromatic carbocycles. The van der Waals surface area contributed by atoms with Crippen LogP contribution in [0.25, 0.3) is 0 Å². The smallest absolute Gasteiger partial charge is 0.262 e. The first-order valence-corrected chi connectivity index (χ1v) is 6.55. The van der Waals surface area contributed by atoms with E-state index in [4.69, 9.17) is 16.3 Å². The molecule has 0 unspecified atom stereocenters. The highest BCUT2D eigenvalue weighted by molar-refractivity contribution is 6.32. The molecule has 0 aliphatic carbocycles. The van der Waals surface area contributed by atoms with Crippen molar-refractivity contribution in [1.29, 1.82) is 0 Å². The van der Waals surface area contributed by atoms with Crippen LogP contribution in [0.2, 0.25) is 5.15 Å². The third kappa shape index (κ3) is 3.48. The van der Waals surface area contributed by atoms with E-state index in [-0.39, 0.29) is 17.7 Å². The van der Waals surface area contributed by atoms with Gasteiger partial charge in [-0.1, -0.05) is 23.7 Å². The molecule has 2 aromatic rings. The zero-order valence-corrected chi connectivity index (χ0v) is 12.1. The summed E-state index contributed by atoms with van der Waals surface area (Å²) in [5.74, 6) is 0.429. The molecular weight excluding hydrogens is 276 g/mol. The standard InChI is InChI=1S/C15H15ClN2O2/c1-10-5-3-7-13(11(10)2)20-9-14(19)18-12-6-4-8-17-15(12)16/h3-8H,9H2,1-2H3,(H,18,19). The van der Waals surface area contributed by atoms with E-state index in [1.54, 1.807) is 18.3 Å². The van der Waals surface area contributed by atoms with Gasteiger partial charge in [0.05, 0.1) is 5.69 Å². The zero-order chi connectivity index (χ0) is 14.5. The molecule has 0 saturated carbocycles. The highest BCUT2D eigenvalue weighted by atomic mass is 35.5. The highest BCUT2D eigenvalue weighted by Gasteiger charge is 2.08. The topological polar surface area (TPSA) is 51.2 Å². The lowest BCUT2D eigenvalue weighted by molar-refractivity contribution is -0.118. The van der Waals surface area contributed by atoms with Crippen molar-refractivity contribution < 1.29 is 9.53 Å². The molecule has 0 aliphatic rings. The Morgan fingerprint density at radius 1 is 1.30 bits per heavy atom. The molecule has 4 nitrogen and oxygen atoms in total. The van der Waals surface area contributed by atoms with Crippen LogP contribution in [0.15, 0.2) is 36.5 Å². The van der Waals surface area contributed by atoms with Crippen LogP contribution in [0.5, 0.6) is 5.75 Å². The summed E-state index contributed by atoms with van der Waals surface area (Å²) in [6, 6.07) is 9.12. The van der Waals surface area contributed by atoms with E-state index >= 15 is 0 Å². The van der Waals surface area contributed by atoms with Crippen LogP contribution in [0, 0.1) is 13.8 Å². The fourth-order valence-corrected chi connectivity index (χ4v) is 1.86. The molecule has 1 aromatic heterocycles. The molecule has 0 spiro atoms. The first kappa shape index (κ1) is 14.3. The Kier molecular flexibility index (Phi) is 4.58. The Morgan fingerprint density at radius 2 is 2.10 bits per heavy atom. The van der Waals surface area contributed by atoms with Gasteiger partial charge in [-0.05, 0) is 43.2 Å². The lowest BCUT2D eigenvalue weighted by Gasteiger charge is -2.11. The van der Waals surface area contributed by atoms with Crippen molar-refractivity contribution >= 4 is 23.2 Å². The van der Waals surface area contributed by atoms with Gasteiger partial charge in [-0.3, -0.25) is 4.79 Å². The molecule has 1 heterocycles. The Balaban J connectivity index is 1.96. The van der Waals surface area contributed by atoms with Gasteiger partial charge in [0.25, 0.3) is 5.91 Å². The van der Waals surface area contributed by atoms with Gasteiger partial charge in [-0.25, -0.2) is 4.98 Å². The van der Waals surface area contributed by atoms with Crippen molar-refractivity contribution in [2.45, 2.75) is 13.8 Å². The molecule has 0 aliphatic heterocycles. The summed E-state index contributed by atoms with van der Waals surface area (Å²) >= 11 is 5.86. The molecular formula is C15H15ClN2O2. The number of aryl methyl sites for hydroxylation is 1. The maximum absolute atomic E-state index is 11.8. The fourth-order valence-electron chi connectivity index (χ4n) is 1.69. The summed E-state index contributed by atoms with van der Waals surface area (Å²) < 4.78 is 5.52. The van der Waals surface area contributed by atoms with Gasteiger partial charge < -0.3 is 10.1 Å². The molecule has 0 bridgehead atoms. The van der Waals surface area contributed by atoms with Gasteiger partial charge in [0.15, 0.2) is 11.8 Å². The van der Waals surface area contributed by atoms with Gasteiger partial charge in [-0.2, -0.15) is 0 Å². The van der Waals surface area contributed by atoms with E-state index < -0.39 is 0 Å². The van der Waals surface area contributed by atoms with E-state index in [0.717, 1.165) is 11.1 Å². The van der Waals surface area contributed by atoms with E-state index in [2.05, 4.69) is 10.3 Å². The summed E-state index contributed by atoms with van der Waals surface area (Å²) in [7, 11) is 0. The van der Waals surface area contributed by atoms with Crippen molar-refractivity contribution in [3.05, 3.63) is 52.8 Å². The maximum Gasteiger partial charge on any atom is 0.262 e. The maximum atomic E-state index is 11.8. The number of anilines is 1. The minimum Gasteiger partial charge on any atom is -0.483 e. The molecule has 104 valence electrons. The monoisotopic (exact) mass is 290 g/mol. The zero-order valence-electron chi connectivity index (χ0n) is 11.3. The van der Waals surface area contributed by atoms with Crippen LogP contribution >= 0.6 is 11.6 Å². The van der Waals surface area contributed by atoms with Crippen LogP contribution in [0.1, 0.15) is 11.1 Å². The average molecular weight is 291 g/mol. The summed E-state index contributed by atoms with van der Waals surface area (Å²) in [5, 5.41) is 2.91. The molecule has 1 N–H and O–H groups in total. The van der Waals surface area contributed by atoms with Crippen molar-refractivity contribution in [3.63, 3.8) is 0 Å². The number of aromatic nitrogens is 1. The lowest BCUT2D eigenvalue weighted by atomic mass is 10.1. The Hall–Kier alpha value is -2.07. The van der Waals surface area contributed by atoms with Gasteiger partial charge >= 0.3 is 0 Å². The number of rotatable bonds is 4. The van der Waals surface area contributed by atoms with E-state index in [0.29, 0.717) is 11.4 Å². The summed E-state index contributed by atoms with van der Waals surface area (Å²) in [6.45, 7) is 3.88. The number of nitrogens with zero attached hydrogens (tertiary/aromatic N) is 1. The number of hydrogen-bond acceptors (Lipinski definition) is 3. The normalized spacial score (nSPS) is 10.2. The fraction of sp³-hybridized carbons (Fsp3) is 0.200. The first-order valence-electron chi connectivity index (χ1n) is 6.17. The van der Waals surface area contributed by atoms with Gasteiger partial charge in [0.1, 0.15) is 5.75 Å². The van der Waals surface area contributed by atoms with Crippen molar-refractivity contribution in [2.24, 2.45) is 0 Å². The molecule has 0 saturated heterocycles.